The Balaban J connectivity index is 1.80. The fraction of sp³-hybridized carbons (Fsp3) is 0.0870. The molecule has 0 bridgehead atoms. The number of carbonyl (C=O) groups excluding carboxylic acids is 1. The monoisotopic (exact) mass is 470 g/mol. The molecule has 1 N–H and O–H groups in total. The van der Waals surface area contributed by atoms with E-state index in [2.05, 4.69) is 15.4 Å². The number of amides is 1. The molecule has 4 rings (SSSR count). The first-order valence-corrected chi connectivity index (χ1v) is 10.5. The van der Waals surface area contributed by atoms with Crippen LogP contribution in [0.3, 0.4) is 0 Å². The molecule has 1 aromatic heterocycles. The van der Waals surface area contributed by atoms with Crippen molar-refractivity contribution in [2.45, 2.75) is 13.8 Å². The van der Waals surface area contributed by atoms with Gasteiger partial charge in [-0.3, -0.25) is 4.79 Å². The Kier molecular flexibility index (Phi) is 6.01. The first-order valence-electron chi connectivity index (χ1n) is 9.39. The Morgan fingerprint density at radius 2 is 1.65 bits per heavy atom. The van der Waals surface area contributed by atoms with Gasteiger partial charge in [0.25, 0.3) is 5.91 Å². The van der Waals surface area contributed by atoms with Crippen LogP contribution in [0.1, 0.15) is 21.7 Å². The number of rotatable bonds is 4. The smallest absolute Gasteiger partial charge is 0.295 e. The zero-order valence-corrected chi connectivity index (χ0v) is 18.9. The third-order valence-electron chi connectivity index (χ3n) is 4.90. The van der Waals surface area contributed by atoms with Crippen LogP contribution in [0.2, 0.25) is 15.1 Å². The molecule has 1 heterocycles. The van der Waals surface area contributed by atoms with Crippen molar-refractivity contribution in [1.82, 2.24) is 14.8 Å². The molecule has 5 nitrogen and oxygen atoms in total. The van der Waals surface area contributed by atoms with Crippen LogP contribution >= 0.6 is 34.8 Å². The van der Waals surface area contributed by atoms with Crippen LogP contribution in [-0.2, 0) is 0 Å². The Hall–Kier alpha value is -2.86. The Labute approximate surface area is 194 Å². The molecule has 31 heavy (non-hydrogen) atoms. The van der Waals surface area contributed by atoms with Crippen molar-refractivity contribution in [3.63, 3.8) is 0 Å². The highest BCUT2D eigenvalue weighted by Crippen LogP contribution is 2.28. The summed E-state index contributed by atoms with van der Waals surface area (Å²) in [6.45, 7) is 4.03. The van der Waals surface area contributed by atoms with Gasteiger partial charge in [-0.25, -0.2) is 9.67 Å². The van der Waals surface area contributed by atoms with Crippen LogP contribution in [0.15, 0.2) is 60.7 Å². The van der Waals surface area contributed by atoms with Gasteiger partial charge in [0.1, 0.15) is 0 Å². The minimum atomic E-state index is -0.483. The molecular weight excluding hydrogens is 455 g/mol. The van der Waals surface area contributed by atoms with E-state index in [1.54, 1.807) is 35.0 Å². The lowest BCUT2D eigenvalue weighted by Crippen LogP contribution is -2.14. The average molecular weight is 472 g/mol. The predicted octanol–water partition coefficient (Wildman–Crippen LogP) is 6.76. The highest BCUT2D eigenvalue weighted by Gasteiger charge is 2.21. The Bertz CT molecular complexity index is 1280. The summed E-state index contributed by atoms with van der Waals surface area (Å²) < 4.78 is 1.67. The van der Waals surface area contributed by atoms with E-state index in [1.807, 2.05) is 44.2 Å². The van der Waals surface area contributed by atoms with Gasteiger partial charge in [0.2, 0.25) is 5.82 Å². The minimum Gasteiger partial charge on any atom is -0.318 e. The van der Waals surface area contributed by atoms with E-state index >= 15 is 0 Å². The normalized spacial score (nSPS) is 10.9. The number of halogens is 3. The molecule has 156 valence electrons. The van der Waals surface area contributed by atoms with Crippen LogP contribution in [0.25, 0.3) is 17.1 Å². The Morgan fingerprint density at radius 1 is 0.935 bits per heavy atom. The van der Waals surface area contributed by atoms with E-state index in [0.717, 1.165) is 22.4 Å². The highest BCUT2D eigenvalue weighted by molar-refractivity contribution is 6.36. The first kappa shape index (κ1) is 21.4. The number of anilines is 1. The molecule has 1 amide bonds. The van der Waals surface area contributed by atoms with Crippen molar-refractivity contribution in [2.24, 2.45) is 0 Å². The van der Waals surface area contributed by atoms with Crippen LogP contribution in [-0.4, -0.2) is 20.7 Å². The van der Waals surface area contributed by atoms with Crippen molar-refractivity contribution < 1.29 is 4.79 Å². The molecule has 0 spiro atoms. The number of aryl methyl sites for hydroxylation is 1. The second kappa shape index (κ2) is 8.71. The van der Waals surface area contributed by atoms with E-state index in [1.165, 1.54) is 0 Å². The van der Waals surface area contributed by atoms with Gasteiger partial charge in [0.05, 0.1) is 16.4 Å². The fourth-order valence-electron chi connectivity index (χ4n) is 3.10. The van der Waals surface area contributed by atoms with Crippen LogP contribution in [0, 0.1) is 13.8 Å². The second-order valence-electron chi connectivity index (χ2n) is 6.98. The predicted molar refractivity (Wildman–Crippen MR) is 126 cm³/mol. The molecule has 3 aromatic carbocycles. The standard InChI is InChI=1S/C23H17Cl3N4O/c1-13-4-3-5-20(14(13)2)30-22(15-6-8-16(24)9-7-15)28-21(29-30)23(31)27-19-11-10-17(25)12-18(19)26/h3-12H,1-2H3,(H,27,31). The van der Waals surface area contributed by atoms with Gasteiger partial charge in [-0.15, -0.1) is 5.10 Å². The number of nitrogens with one attached hydrogen (secondary N) is 1. The van der Waals surface area contributed by atoms with Crippen LogP contribution in [0.5, 0.6) is 0 Å². The van der Waals surface area contributed by atoms with Gasteiger partial charge in [-0.2, -0.15) is 0 Å². The molecule has 0 atom stereocenters. The number of benzene rings is 3. The van der Waals surface area contributed by atoms with Crippen molar-refractivity contribution in [3.05, 3.63) is 92.7 Å². The van der Waals surface area contributed by atoms with Gasteiger partial charge in [0, 0.05) is 15.6 Å². The lowest BCUT2D eigenvalue weighted by molar-refractivity contribution is 0.101. The molecular formula is C23H17Cl3N4O. The van der Waals surface area contributed by atoms with Crippen LogP contribution in [0.4, 0.5) is 5.69 Å². The first-order chi connectivity index (χ1) is 14.8. The maximum atomic E-state index is 12.9. The summed E-state index contributed by atoms with van der Waals surface area (Å²) in [5, 5.41) is 8.67. The van der Waals surface area contributed by atoms with E-state index in [4.69, 9.17) is 34.8 Å². The summed E-state index contributed by atoms with van der Waals surface area (Å²) in [5.74, 6) is 0.0538. The molecule has 8 heteroatoms. The van der Waals surface area contributed by atoms with Gasteiger partial charge in [0.15, 0.2) is 5.82 Å². The summed E-state index contributed by atoms with van der Waals surface area (Å²) >= 11 is 18.2. The zero-order chi connectivity index (χ0) is 22.1. The molecule has 0 radical (unpaired) electrons. The lowest BCUT2D eigenvalue weighted by Gasteiger charge is -2.11. The number of carbonyl (C=O) groups is 1. The largest absolute Gasteiger partial charge is 0.318 e. The summed E-state index contributed by atoms with van der Waals surface area (Å²) in [6.07, 6.45) is 0. The minimum absolute atomic E-state index is 0.0110. The molecule has 0 aliphatic rings. The quantitative estimate of drug-likeness (QED) is 0.357. The average Bonchev–Trinajstić information content (AvgIpc) is 3.18. The second-order valence-corrected chi connectivity index (χ2v) is 8.26. The van der Waals surface area contributed by atoms with Gasteiger partial charge < -0.3 is 5.32 Å². The molecule has 0 saturated heterocycles. The molecule has 0 unspecified atom stereocenters. The Morgan fingerprint density at radius 3 is 2.35 bits per heavy atom. The van der Waals surface area contributed by atoms with Gasteiger partial charge in [-0.05, 0) is 73.5 Å². The maximum Gasteiger partial charge on any atom is 0.295 e. The van der Waals surface area contributed by atoms with Crippen molar-refractivity contribution in [2.75, 3.05) is 5.32 Å². The summed E-state index contributed by atoms with van der Waals surface area (Å²) in [5.41, 5.74) is 4.18. The topological polar surface area (TPSA) is 59.8 Å². The number of nitrogens with zero attached hydrogens (tertiary/aromatic N) is 3. The third-order valence-corrected chi connectivity index (χ3v) is 5.70. The molecule has 0 saturated carbocycles. The lowest BCUT2D eigenvalue weighted by atomic mass is 10.1. The summed E-state index contributed by atoms with van der Waals surface area (Å²) in [6, 6.07) is 17.9. The maximum absolute atomic E-state index is 12.9. The van der Waals surface area contributed by atoms with E-state index in [-0.39, 0.29) is 5.82 Å². The molecule has 0 aliphatic heterocycles. The van der Waals surface area contributed by atoms with Gasteiger partial charge >= 0.3 is 0 Å². The van der Waals surface area contributed by atoms with E-state index < -0.39 is 5.91 Å². The number of hydrogen-bond acceptors (Lipinski definition) is 3. The SMILES string of the molecule is Cc1cccc(-n2nc(C(=O)Nc3ccc(Cl)cc3Cl)nc2-c2ccc(Cl)cc2)c1C. The summed E-state index contributed by atoms with van der Waals surface area (Å²) in [7, 11) is 0. The fourth-order valence-corrected chi connectivity index (χ4v) is 3.68. The molecule has 0 aliphatic carbocycles. The van der Waals surface area contributed by atoms with Crippen molar-refractivity contribution in [1.29, 1.82) is 0 Å². The number of aromatic nitrogens is 3. The van der Waals surface area contributed by atoms with E-state index in [0.29, 0.717) is 26.6 Å². The third kappa shape index (κ3) is 4.44. The van der Waals surface area contributed by atoms with Crippen molar-refractivity contribution >= 4 is 46.4 Å². The zero-order valence-electron chi connectivity index (χ0n) is 16.7. The van der Waals surface area contributed by atoms with Crippen molar-refractivity contribution in [3.8, 4) is 17.1 Å². The van der Waals surface area contributed by atoms with Crippen LogP contribution < -0.4 is 5.32 Å². The number of hydrogen-bond donors (Lipinski definition) is 1. The highest BCUT2D eigenvalue weighted by atomic mass is 35.5. The van der Waals surface area contributed by atoms with E-state index in [9.17, 15) is 4.79 Å². The summed E-state index contributed by atoms with van der Waals surface area (Å²) in [4.78, 5) is 17.5. The molecule has 4 aromatic rings. The molecule has 0 fully saturated rings. The van der Waals surface area contributed by atoms with Gasteiger partial charge in [-0.1, -0.05) is 46.9 Å².